The molecule has 1 spiro atoms. The second kappa shape index (κ2) is 12.0. The number of hydrogen-bond acceptors (Lipinski definition) is 7. The number of rotatable bonds is 7. The van der Waals surface area contributed by atoms with Gasteiger partial charge in [0.25, 0.3) is 0 Å². The molecule has 1 aromatic heterocycles. The lowest BCUT2D eigenvalue weighted by atomic mass is 9.71. The van der Waals surface area contributed by atoms with Gasteiger partial charge in [-0.25, -0.2) is 0 Å². The highest BCUT2D eigenvalue weighted by molar-refractivity contribution is 6.30. The Bertz CT molecular complexity index is 1730. The van der Waals surface area contributed by atoms with Crippen molar-refractivity contribution in [2.24, 2.45) is 5.41 Å². The Balaban J connectivity index is 1.29. The fraction of sp³-hybridized carbons (Fsp3) is 0.364. The van der Waals surface area contributed by atoms with Crippen LogP contribution in [0, 0.1) is 5.41 Å². The highest BCUT2D eigenvalue weighted by Crippen LogP contribution is 2.46. The molecule has 2 unspecified atom stereocenters. The Morgan fingerprint density at radius 1 is 1.11 bits per heavy atom. The van der Waals surface area contributed by atoms with Crippen molar-refractivity contribution < 1.29 is 27.8 Å². The van der Waals surface area contributed by atoms with E-state index in [4.69, 9.17) is 22.1 Å². The summed E-state index contributed by atoms with van der Waals surface area (Å²) in [6, 6.07) is 18.1. The summed E-state index contributed by atoms with van der Waals surface area (Å²) in [5.41, 5.74) is 6.54. The van der Waals surface area contributed by atoms with Crippen LogP contribution in [0.25, 0.3) is 21.9 Å². The number of aliphatic carboxylic acids is 1. The number of benzene rings is 3. The van der Waals surface area contributed by atoms with Crippen LogP contribution in [0.15, 0.2) is 66.7 Å². The van der Waals surface area contributed by atoms with E-state index >= 15 is 0 Å². The molecule has 0 saturated carbocycles. The van der Waals surface area contributed by atoms with Crippen LogP contribution in [0.3, 0.4) is 0 Å². The van der Waals surface area contributed by atoms with Crippen molar-refractivity contribution in [1.29, 1.82) is 0 Å². The third-order valence-electron chi connectivity index (χ3n) is 9.14. The molecule has 0 bridgehead atoms. The van der Waals surface area contributed by atoms with Crippen LogP contribution in [0.5, 0.6) is 5.88 Å². The van der Waals surface area contributed by atoms with Crippen LogP contribution < -0.4 is 20.7 Å². The molecule has 6 rings (SSSR count). The van der Waals surface area contributed by atoms with Crippen molar-refractivity contribution in [1.82, 2.24) is 15.3 Å². The number of piperidine rings is 1. The number of nitrogens with two attached hydrogens (primary N) is 1. The number of halogens is 4. The van der Waals surface area contributed by atoms with Crippen LogP contribution >= 0.6 is 11.6 Å². The monoisotopic (exact) mass is 639 g/mol. The molecule has 2 fully saturated rings. The Kier molecular flexibility index (Phi) is 8.26. The van der Waals surface area contributed by atoms with Gasteiger partial charge >= 0.3 is 12.1 Å². The Morgan fingerprint density at radius 3 is 2.53 bits per heavy atom. The Hall–Kier alpha value is -4.09. The SMILES string of the molecule is CCC1NC(C(=O)O)CC12CCN(c1cc(O[C@H](c3ccc(Cl)cc3-c3ccc4ccccc4c3)C(F)(F)F)nc(N)n1)CC2. The second-order valence-corrected chi connectivity index (χ2v) is 12.3. The number of fused-ring (bicyclic) bond motifs is 1. The van der Waals surface area contributed by atoms with E-state index in [2.05, 4.69) is 15.3 Å². The molecule has 3 aromatic carbocycles. The molecule has 0 radical (unpaired) electrons. The fourth-order valence-corrected chi connectivity index (χ4v) is 7.09. The van der Waals surface area contributed by atoms with E-state index < -0.39 is 24.3 Å². The van der Waals surface area contributed by atoms with E-state index in [-0.39, 0.29) is 39.4 Å². The van der Waals surface area contributed by atoms with Crippen molar-refractivity contribution in [3.63, 3.8) is 0 Å². The minimum absolute atomic E-state index is 0.0684. The maximum Gasteiger partial charge on any atom is 0.429 e. The third-order valence-corrected chi connectivity index (χ3v) is 9.38. The van der Waals surface area contributed by atoms with Crippen molar-refractivity contribution >= 4 is 40.1 Å². The summed E-state index contributed by atoms with van der Waals surface area (Å²) in [7, 11) is 0. The number of carboxylic acid groups (broad SMARTS) is 1. The average molecular weight is 640 g/mol. The molecule has 0 aliphatic carbocycles. The van der Waals surface area contributed by atoms with Gasteiger partial charge in [-0.15, -0.1) is 0 Å². The van der Waals surface area contributed by atoms with Gasteiger partial charge in [0.15, 0.2) is 0 Å². The first-order chi connectivity index (χ1) is 21.5. The maximum atomic E-state index is 14.7. The third kappa shape index (κ3) is 6.24. The number of alkyl halides is 3. The lowest BCUT2D eigenvalue weighted by Crippen LogP contribution is -2.46. The molecule has 2 aliphatic rings. The van der Waals surface area contributed by atoms with E-state index in [0.717, 1.165) is 17.2 Å². The number of nitrogens with zero attached hydrogens (tertiary/aromatic N) is 3. The molecule has 12 heteroatoms. The average Bonchev–Trinajstić information content (AvgIpc) is 3.37. The van der Waals surface area contributed by atoms with Crippen molar-refractivity contribution in [3.8, 4) is 17.0 Å². The topological polar surface area (TPSA) is 114 Å². The normalized spacial score (nSPS) is 20.4. The van der Waals surface area contributed by atoms with E-state index in [1.807, 2.05) is 48.2 Å². The summed E-state index contributed by atoms with van der Waals surface area (Å²) in [5.74, 6) is -1.02. The molecule has 2 saturated heterocycles. The van der Waals surface area contributed by atoms with Gasteiger partial charge in [-0.1, -0.05) is 61.0 Å². The van der Waals surface area contributed by atoms with Crippen LogP contribution in [-0.2, 0) is 4.79 Å². The summed E-state index contributed by atoms with van der Waals surface area (Å²) in [6.07, 6.45) is -4.44. The first-order valence-electron chi connectivity index (χ1n) is 14.9. The molecule has 4 aromatic rings. The molecule has 3 atom stereocenters. The highest BCUT2D eigenvalue weighted by atomic mass is 35.5. The van der Waals surface area contributed by atoms with Crippen molar-refractivity contribution in [2.45, 2.75) is 57.0 Å². The number of aromatic nitrogens is 2. The number of anilines is 2. The molecular formula is C33H33ClF3N5O3. The number of carbonyl (C=O) groups is 1. The van der Waals surface area contributed by atoms with Crippen LogP contribution in [0.2, 0.25) is 5.02 Å². The fourth-order valence-electron chi connectivity index (χ4n) is 6.91. The molecule has 4 N–H and O–H groups in total. The van der Waals surface area contributed by atoms with Gasteiger partial charge in [0.2, 0.25) is 17.9 Å². The standard InChI is InChI=1S/C33H33ClF3N5O3/c1-2-26-32(18-25(39-26)30(43)44)11-13-42(14-12-32)27-17-28(41-31(38)40-27)45-29(33(35,36)37)23-10-9-22(34)16-24(23)21-8-7-19-5-3-4-6-20(19)15-21/h3-10,15-17,25-26,29,39H,2,11-14,18H2,1H3,(H,43,44)(H2,38,40,41)/t25?,26?,29-/m1/s1. The summed E-state index contributed by atoms with van der Waals surface area (Å²) < 4.78 is 49.8. The summed E-state index contributed by atoms with van der Waals surface area (Å²) >= 11 is 6.28. The molecule has 2 aliphatic heterocycles. The summed E-state index contributed by atoms with van der Waals surface area (Å²) in [4.78, 5) is 21.9. The number of hydrogen-bond donors (Lipinski definition) is 3. The molecule has 8 nitrogen and oxygen atoms in total. The largest absolute Gasteiger partial charge is 0.480 e. The lowest BCUT2D eigenvalue weighted by molar-refractivity contribution is -0.198. The Labute approximate surface area is 263 Å². The minimum atomic E-state index is -4.80. The maximum absolute atomic E-state index is 14.7. The zero-order valence-corrected chi connectivity index (χ0v) is 25.3. The van der Waals surface area contributed by atoms with Crippen LogP contribution in [0.1, 0.15) is 44.3 Å². The molecule has 236 valence electrons. The van der Waals surface area contributed by atoms with Crippen molar-refractivity contribution in [3.05, 3.63) is 77.3 Å². The van der Waals surface area contributed by atoms with Crippen LogP contribution in [0.4, 0.5) is 24.9 Å². The van der Waals surface area contributed by atoms with E-state index in [9.17, 15) is 23.1 Å². The van der Waals surface area contributed by atoms with Gasteiger partial charge in [-0.3, -0.25) is 4.79 Å². The van der Waals surface area contributed by atoms with Gasteiger partial charge in [0, 0.05) is 35.8 Å². The lowest BCUT2D eigenvalue weighted by Gasteiger charge is -2.43. The number of nitrogens with one attached hydrogen (secondary N) is 1. The minimum Gasteiger partial charge on any atom is -0.480 e. The predicted octanol–water partition coefficient (Wildman–Crippen LogP) is 7.03. The molecule has 45 heavy (non-hydrogen) atoms. The van der Waals surface area contributed by atoms with E-state index in [1.54, 1.807) is 6.07 Å². The number of nitrogen functional groups attached to an aromatic ring is 1. The van der Waals surface area contributed by atoms with Gasteiger partial charge in [0.1, 0.15) is 11.9 Å². The van der Waals surface area contributed by atoms with Gasteiger partial charge in [0.05, 0.1) is 0 Å². The van der Waals surface area contributed by atoms with Gasteiger partial charge in [-0.2, -0.15) is 23.1 Å². The first kappa shape index (κ1) is 30.9. The molecular weight excluding hydrogens is 607 g/mol. The second-order valence-electron chi connectivity index (χ2n) is 11.8. The molecule has 3 heterocycles. The number of ether oxygens (including phenoxy) is 1. The van der Waals surface area contributed by atoms with Gasteiger partial charge in [-0.05, 0) is 71.2 Å². The smallest absolute Gasteiger partial charge is 0.429 e. The van der Waals surface area contributed by atoms with Crippen LogP contribution in [-0.4, -0.2) is 52.4 Å². The van der Waals surface area contributed by atoms with Crippen molar-refractivity contribution in [2.75, 3.05) is 23.7 Å². The van der Waals surface area contributed by atoms with E-state index in [0.29, 0.717) is 43.7 Å². The zero-order valence-electron chi connectivity index (χ0n) is 24.5. The predicted molar refractivity (Wildman–Crippen MR) is 167 cm³/mol. The Morgan fingerprint density at radius 2 is 1.84 bits per heavy atom. The highest BCUT2D eigenvalue weighted by Gasteiger charge is 2.50. The molecule has 0 amide bonds. The number of carboxylic acids is 1. The first-order valence-corrected chi connectivity index (χ1v) is 15.2. The summed E-state index contributed by atoms with van der Waals surface area (Å²) in [6.45, 7) is 3.10. The quantitative estimate of drug-likeness (QED) is 0.198. The van der Waals surface area contributed by atoms with E-state index in [1.165, 1.54) is 24.3 Å². The van der Waals surface area contributed by atoms with Gasteiger partial charge < -0.3 is 25.8 Å². The summed E-state index contributed by atoms with van der Waals surface area (Å²) in [5, 5.41) is 14.9. The zero-order chi connectivity index (χ0) is 31.9.